The molecule has 0 unspecified atom stereocenters. The Morgan fingerprint density at radius 1 is 1.23 bits per heavy atom. The van der Waals surface area contributed by atoms with Gasteiger partial charge in [0.2, 0.25) is 0 Å². The Hall–Kier alpha value is -2.61. The maximum absolute atomic E-state index is 9.51. The van der Waals surface area contributed by atoms with Crippen LogP contribution >= 0.6 is 0 Å². The van der Waals surface area contributed by atoms with Crippen LogP contribution in [-0.2, 0) is 13.0 Å². The van der Waals surface area contributed by atoms with E-state index in [0.29, 0.717) is 11.4 Å². The van der Waals surface area contributed by atoms with Crippen LogP contribution in [0.1, 0.15) is 36.5 Å². The molecular weight excluding hydrogens is 276 g/mol. The Morgan fingerprint density at radius 2 is 2.05 bits per heavy atom. The molecule has 0 bridgehead atoms. The molecule has 2 aromatic rings. The number of hydrogen-bond acceptors (Lipinski definition) is 4. The van der Waals surface area contributed by atoms with Crippen LogP contribution in [-0.4, -0.2) is 21.9 Å². The number of allylic oxidation sites excluding steroid dienone is 1. The van der Waals surface area contributed by atoms with Crippen LogP contribution in [0.5, 0.6) is 5.75 Å². The lowest BCUT2D eigenvalue weighted by Gasteiger charge is -2.06. The SMILES string of the molecule is COc1ccc(/C=C(\C#N)c2nnc3n2CCCCC3)cc1. The van der Waals surface area contributed by atoms with Gasteiger partial charge in [0.1, 0.15) is 17.6 Å². The number of ether oxygens (including phenoxy) is 1. The number of nitrogens with zero attached hydrogens (tertiary/aromatic N) is 4. The number of benzene rings is 1. The van der Waals surface area contributed by atoms with E-state index in [1.165, 1.54) is 6.42 Å². The van der Waals surface area contributed by atoms with Crippen molar-refractivity contribution in [3.05, 3.63) is 41.5 Å². The van der Waals surface area contributed by atoms with Crippen molar-refractivity contribution >= 4 is 11.6 Å². The van der Waals surface area contributed by atoms with Crippen molar-refractivity contribution in [2.75, 3.05) is 7.11 Å². The summed E-state index contributed by atoms with van der Waals surface area (Å²) in [5.41, 5.74) is 1.49. The average molecular weight is 294 g/mol. The fourth-order valence-corrected chi connectivity index (χ4v) is 2.70. The van der Waals surface area contributed by atoms with Crippen molar-refractivity contribution in [1.82, 2.24) is 14.8 Å². The molecule has 5 heteroatoms. The number of hydrogen-bond donors (Lipinski definition) is 0. The van der Waals surface area contributed by atoms with E-state index in [9.17, 15) is 5.26 Å². The zero-order valence-electron chi connectivity index (χ0n) is 12.6. The van der Waals surface area contributed by atoms with E-state index in [4.69, 9.17) is 4.74 Å². The normalized spacial score (nSPS) is 14.8. The first-order valence-electron chi connectivity index (χ1n) is 7.50. The highest BCUT2D eigenvalue weighted by molar-refractivity contribution is 5.87. The summed E-state index contributed by atoms with van der Waals surface area (Å²) < 4.78 is 7.24. The smallest absolute Gasteiger partial charge is 0.174 e. The van der Waals surface area contributed by atoms with E-state index in [2.05, 4.69) is 20.8 Å². The summed E-state index contributed by atoms with van der Waals surface area (Å²) in [5.74, 6) is 2.46. The van der Waals surface area contributed by atoms with Gasteiger partial charge >= 0.3 is 0 Å². The minimum Gasteiger partial charge on any atom is -0.497 e. The lowest BCUT2D eigenvalue weighted by Crippen LogP contribution is -2.05. The fourth-order valence-electron chi connectivity index (χ4n) is 2.70. The third-order valence-corrected chi connectivity index (χ3v) is 3.90. The molecule has 1 aliphatic rings. The fraction of sp³-hybridized carbons (Fsp3) is 0.353. The highest BCUT2D eigenvalue weighted by atomic mass is 16.5. The lowest BCUT2D eigenvalue weighted by atomic mass is 10.1. The Kier molecular flexibility index (Phi) is 4.19. The molecule has 0 spiro atoms. The minimum atomic E-state index is 0.547. The van der Waals surface area contributed by atoms with Crippen LogP contribution in [0.2, 0.25) is 0 Å². The molecule has 1 aromatic carbocycles. The minimum absolute atomic E-state index is 0.547. The van der Waals surface area contributed by atoms with E-state index in [1.807, 2.05) is 30.3 Å². The van der Waals surface area contributed by atoms with Crippen molar-refractivity contribution in [1.29, 1.82) is 5.26 Å². The quantitative estimate of drug-likeness (QED) is 0.816. The highest BCUT2D eigenvalue weighted by Crippen LogP contribution is 2.22. The van der Waals surface area contributed by atoms with Crippen LogP contribution in [0.3, 0.4) is 0 Å². The van der Waals surface area contributed by atoms with Crippen LogP contribution < -0.4 is 4.74 Å². The molecule has 0 N–H and O–H groups in total. The summed E-state index contributed by atoms with van der Waals surface area (Å²) in [5, 5.41) is 18.0. The first-order chi connectivity index (χ1) is 10.8. The molecular formula is C17H18N4O. The van der Waals surface area contributed by atoms with Crippen LogP contribution in [0, 0.1) is 11.3 Å². The first kappa shape index (κ1) is 14.3. The predicted octanol–water partition coefficient (Wildman–Crippen LogP) is 3.08. The Labute approximate surface area is 129 Å². The molecule has 0 fully saturated rings. The molecule has 22 heavy (non-hydrogen) atoms. The molecule has 1 aliphatic heterocycles. The van der Waals surface area contributed by atoms with Crippen molar-refractivity contribution in [2.24, 2.45) is 0 Å². The molecule has 5 nitrogen and oxygen atoms in total. The number of aryl methyl sites for hydroxylation is 1. The van der Waals surface area contributed by atoms with Gasteiger partial charge in [-0.25, -0.2) is 0 Å². The largest absolute Gasteiger partial charge is 0.497 e. The number of aromatic nitrogens is 3. The first-order valence-corrected chi connectivity index (χ1v) is 7.50. The molecule has 0 saturated heterocycles. The van der Waals surface area contributed by atoms with Crippen molar-refractivity contribution in [2.45, 2.75) is 32.2 Å². The van der Waals surface area contributed by atoms with Crippen LogP contribution in [0.25, 0.3) is 11.6 Å². The highest BCUT2D eigenvalue weighted by Gasteiger charge is 2.17. The molecule has 2 heterocycles. The molecule has 0 amide bonds. The number of nitriles is 1. The summed E-state index contributed by atoms with van der Waals surface area (Å²) in [6.45, 7) is 0.888. The molecule has 0 saturated carbocycles. The predicted molar refractivity (Wildman–Crippen MR) is 84.1 cm³/mol. The van der Waals surface area contributed by atoms with Crippen molar-refractivity contribution in [3.63, 3.8) is 0 Å². The van der Waals surface area contributed by atoms with E-state index < -0.39 is 0 Å². The third-order valence-electron chi connectivity index (χ3n) is 3.90. The molecule has 112 valence electrons. The standard InChI is InChI=1S/C17H18N4O/c1-22-15-8-6-13(7-9-15)11-14(12-18)17-20-19-16-5-3-2-4-10-21(16)17/h6-9,11H,2-5,10H2,1H3/b14-11+. The van der Waals surface area contributed by atoms with Crippen molar-refractivity contribution in [3.8, 4) is 11.8 Å². The van der Waals surface area contributed by atoms with E-state index >= 15 is 0 Å². The zero-order chi connectivity index (χ0) is 15.4. The summed E-state index contributed by atoms with van der Waals surface area (Å²) >= 11 is 0. The second-order valence-electron chi connectivity index (χ2n) is 5.35. The maximum atomic E-state index is 9.51. The zero-order valence-corrected chi connectivity index (χ0v) is 12.6. The topological polar surface area (TPSA) is 63.7 Å². The molecule has 0 aliphatic carbocycles. The third kappa shape index (κ3) is 2.86. The van der Waals surface area contributed by atoms with E-state index in [-0.39, 0.29) is 0 Å². The van der Waals surface area contributed by atoms with Gasteiger partial charge in [-0.3, -0.25) is 0 Å². The Bertz CT molecular complexity index is 722. The summed E-state index contributed by atoms with van der Waals surface area (Å²) in [7, 11) is 1.64. The van der Waals surface area contributed by atoms with Gasteiger partial charge in [-0.05, 0) is 36.6 Å². The number of methoxy groups -OCH3 is 1. The second kappa shape index (κ2) is 6.44. The Morgan fingerprint density at radius 3 is 2.77 bits per heavy atom. The van der Waals surface area contributed by atoms with Gasteiger partial charge in [-0.1, -0.05) is 18.6 Å². The number of rotatable bonds is 3. The van der Waals surface area contributed by atoms with Gasteiger partial charge in [0.25, 0.3) is 0 Å². The van der Waals surface area contributed by atoms with Gasteiger partial charge in [-0.2, -0.15) is 5.26 Å². The Balaban J connectivity index is 1.95. The van der Waals surface area contributed by atoms with Crippen LogP contribution in [0.15, 0.2) is 24.3 Å². The van der Waals surface area contributed by atoms with Gasteiger partial charge < -0.3 is 9.30 Å². The summed E-state index contributed by atoms with van der Waals surface area (Å²) in [6, 6.07) is 9.87. The van der Waals surface area contributed by atoms with E-state index in [1.54, 1.807) is 7.11 Å². The lowest BCUT2D eigenvalue weighted by molar-refractivity contribution is 0.415. The van der Waals surface area contributed by atoms with E-state index in [0.717, 1.165) is 42.9 Å². The molecule has 0 radical (unpaired) electrons. The second-order valence-corrected chi connectivity index (χ2v) is 5.35. The number of fused-ring (bicyclic) bond motifs is 1. The van der Waals surface area contributed by atoms with Gasteiger partial charge in [0.05, 0.1) is 12.7 Å². The maximum Gasteiger partial charge on any atom is 0.174 e. The molecule has 1 aromatic heterocycles. The summed E-state index contributed by atoms with van der Waals surface area (Å²) in [6.07, 6.45) is 6.24. The summed E-state index contributed by atoms with van der Waals surface area (Å²) in [4.78, 5) is 0. The van der Waals surface area contributed by atoms with Gasteiger partial charge in [-0.15, -0.1) is 10.2 Å². The monoisotopic (exact) mass is 294 g/mol. The van der Waals surface area contributed by atoms with Gasteiger partial charge in [0, 0.05) is 13.0 Å². The van der Waals surface area contributed by atoms with Crippen LogP contribution in [0.4, 0.5) is 0 Å². The van der Waals surface area contributed by atoms with Crippen molar-refractivity contribution < 1.29 is 4.74 Å². The molecule has 3 rings (SSSR count). The molecule has 0 atom stereocenters. The van der Waals surface area contributed by atoms with Gasteiger partial charge in [0.15, 0.2) is 5.82 Å². The average Bonchev–Trinajstić information content (AvgIpc) is 2.81.